The summed E-state index contributed by atoms with van der Waals surface area (Å²) in [5, 5.41) is 5.99. The Bertz CT molecular complexity index is 1420. The first-order valence-corrected chi connectivity index (χ1v) is 15.4. The molecule has 0 aromatic heterocycles. The number of oxime groups is 2. The van der Waals surface area contributed by atoms with E-state index >= 15 is 0 Å². The van der Waals surface area contributed by atoms with Crippen LogP contribution in [0.25, 0.3) is 0 Å². The second-order valence-electron chi connectivity index (χ2n) is 7.02. The molecule has 17 heteroatoms. The monoisotopic (exact) mass is 620 g/mol. The van der Waals surface area contributed by atoms with Crippen molar-refractivity contribution in [2.75, 3.05) is 32.8 Å². The van der Waals surface area contributed by atoms with Gasteiger partial charge in [-0.25, -0.2) is 9.59 Å². The highest BCUT2D eigenvalue weighted by Gasteiger charge is 2.22. The zero-order chi connectivity index (χ0) is 29.1. The third-order valence-electron chi connectivity index (χ3n) is 4.38. The standard InChI is InChI=1S/C22H24N2O11S4/c1-15-5-9-17(10-6-15)38(27,28)34-23-19(21(25)32-3)36-13-14-37-20(22(26)33-4)24-35-39(29,30)18-11-7-16(31-2)8-12-18/h5-12H,13-14H2,1-4H3. The molecule has 0 fully saturated rings. The van der Waals surface area contributed by atoms with Gasteiger partial charge in [-0.2, -0.15) is 16.8 Å². The Balaban J connectivity index is 2.06. The number of esters is 2. The number of ether oxygens (including phenoxy) is 3. The summed E-state index contributed by atoms with van der Waals surface area (Å²) in [6, 6.07) is 11.1. The lowest BCUT2D eigenvalue weighted by Crippen LogP contribution is -2.17. The van der Waals surface area contributed by atoms with Gasteiger partial charge in [-0.15, -0.1) is 0 Å². The smallest absolute Gasteiger partial charge is 0.366 e. The van der Waals surface area contributed by atoms with Crippen molar-refractivity contribution in [2.24, 2.45) is 10.3 Å². The molecule has 13 nitrogen and oxygen atoms in total. The molecule has 0 atom stereocenters. The Kier molecular flexibility index (Phi) is 12.1. The minimum atomic E-state index is -4.35. The Hall–Kier alpha value is -3.28. The molecule has 0 N–H and O–H groups in total. The van der Waals surface area contributed by atoms with E-state index in [0.29, 0.717) is 5.75 Å². The van der Waals surface area contributed by atoms with E-state index in [2.05, 4.69) is 28.4 Å². The molecule has 39 heavy (non-hydrogen) atoms. The predicted octanol–water partition coefficient (Wildman–Crippen LogP) is 2.55. The molecule has 0 aliphatic heterocycles. The summed E-state index contributed by atoms with van der Waals surface area (Å²) in [6.45, 7) is 1.78. The van der Waals surface area contributed by atoms with Gasteiger partial charge in [0.15, 0.2) is 0 Å². The molecule has 0 spiro atoms. The Morgan fingerprint density at radius 3 is 1.44 bits per heavy atom. The molecular weight excluding hydrogens is 597 g/mol. The minimum absolute atomic E-state index is 0.0608. The van der Waals surface area contributed by atoms with Crippen LogP contribution in [-0.2, 0) is 47.9 Å². The first kappa shape index (κ1) is 31.9. The third kappa shape index (κ3) is 9.76. The van der Waals surface area contributed by atoms with E-state index < -0.39 is 42.3 Å². The van der Waals surface area contributed by atoms with E-state index in [1.165, 1.54) is 43.5 Å². The van der Waals surface area contributed by atoms with Crippen LogP contribution in [0.2, 0.25) is 0 Å². The van der Waals surface area contributed by atoms with E-state index in [1.807, 2.05) is 0 Å². The highest BCUT2D eigenvalue weighted by Crippen LogP contribution is 2.20. The second-order valence-corrected chi connectivity index (χ2v) is 12.2. The van der Waals surface area contributed by atoms with E-state index in [4.69, 9.17) is 4.74 Å². The second kappa shape index (κ2) is 14.8. The van der Waals surface area contributed by atoms with E-state index in [1.54, 1.807) is 19.1 Å². The van der Waals surface area contributed by atoms with Crippen molar-refractivity contribution in [3.8, 4) is 5.75 Å². The van der Waals surface area contributed by atoms with Crippen LogP contribution in [0.3, 0.4) is 0 Å². The molecule has 2 aromatic carbocycles. The molecule has 0 aliphatic rings. The summed E-state index contributed by atoms with van der Waals surface area (Å²) >= 11 is 1.52. The quantitative estimate of drug-likeness (QED) is 0.125. The van der Waals surface area contributed by atoms with Crippen LogP contribution < -0.4 is 4.74 Å². The van der Waals surface area contributed by atoms with Crippen LogP contribution in [0.1, 0.15) is 5.56 Å². The molecule has 212 valence electrons. The fourth-order valence-corrected chi connectivity index (χ4v) is 5.58. The maximum absolute atomic E-state index is 12.4. The number of hydrogen-bond donors (Lipinski definition) is 0. The van der Waals surface area contributed by atoms with E-state index in [9.17, 15) is 26.4 Å². The van der Waals surface area contributed by atoms with Gasteiger partial charge in [0.1, 0.15) is 15.5 Å². The van der Waals surface area contributed by atoms with Crippen molar-refractivity contribution in [1.82, 2.24) is 0 Å². The maximum atomic E-state index is 12.4. The van der Waals surface area contributed by atoms with Gasteiger partial charge < -0.3 is 14.2 Å². The summed E-state index contributed by atoms with van der Waals surface area (Å²) in [6.07, 6.45) is 0. The Morgan fingerprint density at radius 2 is 1.08 bits per heavy atom. The summed E-state index contributed by atoms with van der Waals surface area (Å²) in [5.74, 6) is -1.38. The fourth-order valence-electron chi connectivity index (χ4n) is 2.40. The summed E-state index contributed by atoms with van der Waals surface area (Å²) in [7, 11) is -5.08. The van der Waals surface area contributed by atoms with Crippen molar-refractivity contribution >= 4 is 65.8 Å². The zero-order valence-corrected chi connectivity index (χ0v) is 24.3. The SMILES string of the molecule is COC(=O)C(=NOS(=O)(=O)c1ccc(C)cc1)SCCSC(=NOS(=O)(=O)c1ccc(OC)cc1)C(=O)OC. The van der Waals surface area contributed by atoms with Crippen LogP contribution in [0.4, 0.5) is 0 Å². The number of thioether (sulfide) groups is 2. The topological polar surface area (TPSA) is 173 Å². The summed E-state index contributed by atoms with van der Waals surface area (Å²) < 4.78 is 72.9. The van der Waals surface area contributed by atoms with Crippen molar-refractivity contribution in [3.05, 3.63) is 54.1 Å². The molecule has 2 rings (SSSR count). The van der Waals surface area contributed by atoms with Gasteiger partial charge in [0.05, 0.1) is 21.3 Å². The molecule has 0 saturated carbocycles. The average molecular weight is 621 g/mol. The van der Waals surface area contributed by atoms with E-state index in [0.717, 1.165) is 43.3 Å². The lowest BCUT2D eigenvalue weighted by Gasteiger charge is -2.07. The fraction of sp³-hybridized carbons (Fsp3) is 0.273. The number of carbonyl (C=O) groups is 2. The van der Waals surface area contributed by atoms with Crippen LogP contribution in [0, 0.1) is 6.92 Å². The number of methoxy groups -OCH3 is 3. The maximum Gasteiger partial charge on any atom is 0.366 e. The molecule has 0 unspecified atom stereocenters. The van der Waals surface area contributed by atoms with Gasteiger partial charge in [-0.1, -0.05) is 51.5 Å². The first-order chi connectivity index (χ1) is 18.4. The van der Waals surface area contributed by atoms with Crippen LogP contribution >= 0.6 is 23.5 Å². The normalized spacial score (nSPS) is 12.4. The van der Waals surface area contributed by atoms with Gasteiger partial charge in [0.25, 0.3) is 0 Å². The lowest BCUT2D eigenvalue weighted by atomic mass is 10.2. The number of benzene rings is 2. The van der Waals surface area contributed by atoms with Crippen molar-refractivity contribution < 1.29 is 49.2 Å². The number of hydrogen-bond acceptors (Lipinski definition) is 15. The number of nitrogens with zero attached hydrogens (tertiary/aromatic N) is 2. The molecular formula is C22H24N2O11S4. The highest BCUT2D eigenvalue weighted by molar-refractivity contribution is 8.18. The largest absolute Gasteiger partial charge is 0.497 e. The first-order valence-electron chi connectivity index (χ1n) is 10.6. The summed E-state index contributed by atoms with van der Waals surface area (Å²) in [5.41, 5.74) is 0.833. The molecule has 0 radical (unpaired) electrons. The Morgan fingerprint density at radius 1 is 0.692 bits per heavy atom. The van der Waals surface area contributed by atoms with Crippen LogP contribution in [0.5, 0.6) is 5.75 Å². The molecule has 0 bridgehead atoms. The van der Waals surface area contributed by atoms with Gasteiger partial charge >= 0.3 is 32.2 Å². The van der Waals surface area contributed by atoms with Gasteiger partial charge in [0, 0.05) is 11.5 Å². The lowest BCUT2D eigenvalue weighted by molar-refractivity contribution is -0.133. The predicted molar refractivity (Wildman–Crippen MR) is 145 cm³/mol. The number of carbonyl (C=O) groups excluding carboxylic acids is 2. The van der Waals surface area contributed by atoms with Crippen LogP contribution in [-0.4, -0.2) is 71.7 Å². The molecule has 0 heterocycles. The van der Waals surface area contributed by atoms with Gasteiger partial charge in [-0.05, 0) is 43.3 Å². The molecule has 0 amide bonds. The number of rotatable bonds is 10. The Labute approximate surface area is 234 Å². The average Bonchev–Trinajstić information content (AvgIpc) is 2.93. The van der Waals surface area contributed by atoms with E-state index in [-0.39, 0.29) is 21.3 Å². The summed E-state index contributed by atoms with van der Waals surface area (Å²) in [4.78, 5) is 23.7. The highest BCUT2D eigenvalue weighted by atomic mass is 32.2. The van der Waals surface area contributed by atoms with Gasteiger partial charge in [-0.3, -0.25) is 8.57 Å². The molecule has 0 aliphatic carbocycles. The number of aryl methyl sites for hydroxylation is 1. The third-order valence-corrected chi connectivity index (χ3v) is 8.72. The molecule has 2 aromatic rings. The van der Waals surface area contributed by atoms with Crippen molar-refractivity contribution in [2.45, 2.75) is 16.7 Å². The van der Waals surface area contributed by atoms with Crippen molar-refractivity contribution in [3.63, 3.8) is 0 Å². The molecule has 0 saturated heterocycles. The minimum Gasteiger partial charge on any atom is -0.497 e. The van der Waals surface area contributed by atoms with Gasteiger partial charge in [0.2, 0.25) is 10.1 Å². The van der Waals surface area contributed by atoms with Crippen LogP contribution in [0.15, 0.2) is 68.6 Å². The zero-order valence-electron chi connectivity index (χ0n) is 21.1. The van der Waals surface area contributed by atoms with Crippen molar-refractivity contribution in [1.29, 1.82) is 0 Å².